The lowest BCUT2D eigenvalue weighted by Gasteiger charge is -2.38. The zero-order chi connectivity index (χ0) is 18.7. The molecule has 0 radical (unpaired) electrons. The molecular weight excluding hydrogens is 336 g/mol. The number of hydrogen-bond donors (Lipinski definition) is 2. The first-order chi connectivity index (χ1) is 12.3. The summed E-state index contributed by atoms with van der Waals surface area (Å²) in [5.74, 6) is 0.540. The summed E-state index contributed by atoms with van der Waals surface area (Å²) in [6.45, 7) is 1.83. The zero-order valence-electron chi connectivity index (χ0n) is 15.5. The minimum absolute atomic E-state index is 0.0726. The molecule has 2 saturated carbocycles. The number of aliphatic hydroxyl groups is 1. The highest BCUT2D eigenvalue weighted by molar-refractivity contribution is 5.27. The van der Waals surface area contributed by atoms with Gasteiger partial charge in [0, 0.05) is 6.04 Å². The van der Waals surface area contributed by atoms with Crippen molar-refractivity contribution in [2.24, 2.45) is 29.4 Å². The Bertz CT molecular complexity index is 569. The van der Waals surface area contributed by atoms with Crippen molar-refractivity contribution in [3.05, 3.63) is 35.8 Å². The van der Waals surface area contributed by atoms with Gasteiger partial charge in [-0.05, 0) is 93.4 Å². The van der Waals surface area contributed by atoms with Crippen molar-refractivity contribution >= 4 is 0 Å². The second-order valence-electron chi connectivity index (χ2n) is 8.30. The summed E-state index contributed by atoms with van der Waals surface area (Å²) in [5, 5.41) is 9.58. The van der Waals surface area contributed by atoms with E-state index >= 15 is 0 Å². The third-order valence-electron chi connectivity index (χ3n) is 6.26. The average Bonchev–Trinajstić information content (AvgIpc) is 2.75. The molecule has 0 spiro atoms. The number of alkyl halides is 2. The minimum atomic E-state index is -3.17. The molecule has 1 unspecified atom stereocenters. The summed E-state index contributed by atoms with van der Waals surface area (Å²) in [4.78, 5) is 0. The molecule has 0 aromatic rings. The van der Waals surface area contributed by atoms with Crippen molar-refractivity contribution in [2.45, 2.75) is 70.4 Å². The van der Waals surface area contributed by atoms with Gasteiger partial charge in [-0.15, -0.1) is 0 Å². The Morgan fingerprint density at radius 3 is 2.15 bits per heavy atom. The van der Waals surface area contributed by atoms with E-state index in [2.05, 4.69) is 0 Å². The van der Waals surface area contributed by atoms with E-state index in [1.165, 1.54) is 12.2 Å². The topological polar surface area (TPSA) is 55.5 Å². The largest absolute Gasteiger partial charge is 0.508 e. The molecule has 146 valence electrons. The number of aliphatic hydroxyl groups excluding tert-OH is 1. The van der Waals surface area contributed by atoms with Crippen LogP contribution in [0.25, 0.3) is 0 Å². The highest BCUT2D eigenvalue weighted by Crippen LogP contribution is 2.45. The number of ether oxygens (including phenoxy) is 1. The van der Waals surface area contributed by atoms with Gasteiger partial charge in [-0.1, -0.05) is 6.92 Å². The van der Waals surface area contributed by atoms with Crippen LogP contribution in [-0.2, 0) is 4.74 Å². The van der Waals surface area contributed by atoms with Crippen molar-refractivity contribution < 1.29 is 18.6 Å². The van der Waals surface area contributed by atoms with Crippen molar-refractivity contribution in [3.8, 4) is 0 Å². The first-order valence-corrected chi connectivity index (χ1v) is 9.96. The molecular formula is C21H31F2NO2. The summed E-state index contributed by atoms with van der Waals surface area (Å²) < 4.78 is 34.4. The van der Waals surface area contributed by atoms with Crippen LogP contribution < -0.4 is 5.73 Å². The van der Waals surface area contributed by atoms with E-state index in [1.807, 2.05) is 6.92 Å². The number of halogens is 2. The highest BCUT2D eigenvalue weighted by atomic mass is 19.3. The molecule has 1 atom stereocenters. The van der Waals surface area contributed by atoms with E-state index in [0.29, 0.717) is 30.7 Å². The molecule has 3 aliphatic rings. The molecule has 3 aliphatic carbocycles. The lowest BCUT2D eigenvalue weighted by molar-refractivity contribution is -0.254. The van der Waals surface area contributed by atoms with E-state index in [1.54, 1.807) is 12.2 Å². The molecule has 5 heteroatoms. The van der Waals surface area contributed by atoms with Gasteiger partial charge in [0.2, 0.25) is 0 Å². The zero-order valence-corrected chi connectivity index (χ0v) is 15.5. The Hall–Kier alpha value is -1.36. The quantitative estimate of drug-likeness (QED) is 0.694. The van der Waals surface area contributed by atoms with E-state index in [9.17, 15) is 13.9 Å². The predicted octanol–water partition coefficient (Wildman–Crippen LogP) is 5.45. The molecule has 2 fully saturated rings. The van der Waals surface area contributed by atoms with Crippen molar-refractivity contribution in [1.29, 1.82) is 0 Å². The summed E-state index contributed by atoms with van der Waals surface area (Å²) in [6.07, 6.45) is 10.0. The van der Waals surface area contributed by atoms with Crippen LogP contribution in [0.1, 0.15) is 58.3 Å². The normalized spacial score (nSPS) is 36.1. The summed E-state index contributed by atoms with van der Waals surface area (Å²) in [5.41, 5.74) is 5.98. The molecule has 0 bridgehead atoms. The second kappa shape index (κ2) is 8.12. The van der Waals surface area contributed by atoms with Gasteiger partial charge in [-0.2, -0.15) is 8.78 Å². The maximum Gasteiger partial charge on any atom is 0.400 e. The van der Waals surface area contributed by atoms with Crippen molar-refractivity contribution in [3.63, 3.8) is 0 Å². The third-order valence-corrected chi connectivity index (χ3v) is 6.26. The van der Waals surface area contributed by atoms with E-state index in [-0.39, 0.29) is 17.4 Å². The van der Waals surface area contributed by atoms with Gasteiger partial charge >= 0.3 is 6.11 Å². The van der Waals surface area contributed by atoms with Crippen LogP contribution in [0.15, 0.2) is 35.8 Å². The summed E-state index contributed by atoms with van der Waals surface area (Å²) >= 11 is 0. The van der Waals surface area contributed by atoms with Crippen LogP contribution in [0.2, 0.25) is 0 Å². The molecule has 0 saturated heterocycles. The molecule has 0 heterocycles. The van der Waals surface area contributed by atoms with Gasteiger partial charge < -0.3 is 15.6 Å². The Morgan fingerprint density at radius 1 is 0.962 bits per heavy atom. The third kappa shape index (κ3) is 4.87. The molecule has 0 amide bonds. The number of allylic oxidation sites excluding steroid dienone is 4. The molecule has 26 heavy (non-hydrogen) atoms. The maximum atomic E-state index is 14.7. The smallest absolute Gasteiger partial charge is 0.400 e. The van der Waals surface area contributed by atoms with Gasteiger partial charge in [0.1, 0.15) is 11.5 Å². The van der Waals surface area contributed by atoms with E-state index < -0.39 is 12.0 Å². The molecule has 0 aromatic heterocycles. The fourth-order valence-electron chi connectivity index (χ4n) is 4.71. The number of nitrogens with two attached hydrogens (primary N) is 1. The van der Waals surface area contributed by atoms with Crippen LogP contribution in [0.4, 0.5) is 8.78 Å². The Morgan fingerprint density at radius 2 is 1.54 bits per heavy atom. The highest BCUT2D eigenvalue weighted by Gasteiger charge is 2.45. The molecule has 0 aliphatic heterocycles. The fourth-order valence-corrected chi connectivity index (χ4v) is 4.71. The minimum Gasteiger partial charge on any atom is -0.508 e. The van der Waals surface area contributed by atoms with Crippen LogP contribution >= 0.6 is 0 Å². The lowest BCUT2D eigenvalue weighted by atomic mass is 9.70. The monoisotopic (exact) mass is 367 g/mol. The first kappa shape index (κ1) is 19.4. The molecule has 3 rings (SSSR count). The summed E-state index contributed by atoms with van der Waals surface area (Å²) in [6, 6.07) is 0.331. The maximum absolute atomic E-state index is 14.7. The van der Waals surface area contributed by atoms with Gasteiger partial charge in [0.15, 0.2) is 0 Å². The van der Waals surface area contributed by atoms with Gasteiger partial charge in [0.05, 0.1) is 5.92 Å². The number of hydrogen-bond acceptors (Lipinski definition) is 3. The Labute approximate surface area is 155 Å². The van der Waals surface area contributed by atoms with E-state index in [0.717, 1.165) is 38.5 Å². The van der Waals surface area contributed by atoms with Crippen LogP contribution in [-0.4, -0.2) is 17.3 Å². The van der Waals surface area contributed by atoms with Crippen LogP contribution in [0, 0.1) is 23.7 Å². The molecule has 3 nitrogen and oxygen atoms in total. The van der Waals surface area contributed by atoms with Crippen molar-refractivity contribution in [2.75, 3.05) is 0 Å². The predicted molar refractivity (Wildman–Crippen MR) is 98.5 cm³/mol. The fraction of sp³-hybridized carbons (Fsp3) is 0.714. The lowest BCUT2D eigenvalue weighted by Crippen LogP contribution is -2.36. The standard InChI is InChI=1S/C21H31F2NO2/c1-14-12-19(25)10-11-20(13-14)26-21(22,23)17-6-2-15(3-7-17)16-4-8-18(24)9-5-16/h10-18,25H,2-9,24H2,1H3. The van der Waals surface area contributed by atoms with Gasteiger partial charge in [0.25, 0.3) is 0 Å². The summed E-state index contributed by atoms with van der Waals surface area (Å²) in [7, 11) is 0. The van der Waals surface area contributed by atoms with E-state index in [4.69, 9.17) is 10.5 Å². The van der Waals surface area contributed by atoms with Gasteiger partial charge in [-0.3, -0.25) is 0 Å². The Balaban J connectivity index is 1.54. The average molecular weight is 367 g/mol. The van der Waals surface area contributed by atoms with Gasteiger partial charge in [-0.25, -0.2) is 0 Å². The first-order valence-electron chi connectivity index (χ1n) is 9.96. The van der Waals surface area contributed by atoms with Crippen LogP contribution in [0.3, 0.4) is 0 Å². The molecule has 0 aromatic carbocycles. The SMILES string of the molecule is CC1C=C(O)C=CC(OC(F)(F)C2CCC(C3CCC(N)CC3)CC2)=C1. The number of rotatable bonds is 4. The second-order valence-corrected chi connectivity index (χ2v) is 8.30. The van der Waals surface area contributed by atoms with Crippen molar-refractivity contribution in [1.82, 2.24) is 0 Å². The van der Waals surface area contributed by atoms with Crippen LogP contribution in [0.5, 0.6) is 0 Å². The Kier molecular flexibility index (Phi) is 6.06. The molecule has 3 N–H and O–H groups in total.